The van der Waals surface area contributed by atoms with Crippen molar-refractivity contribution in [2.45, 2.75) is 38.1 Å². The standard InChI is InChI=1S/C13H16Cl2N2O2/c14-9-6-7-10(12(18)11(9)15)17-13(19)16-8-4-2-1-3-5-8/h6-8,18H,1-5H2,(H2,16,17,19). The summed E-state index contributed by atoms with van der Waals surface area (Å²) in [6.07, 6.45) is 5.51. The van der Waals surface area contributed by atoms with Gasteiger partial charge in [-0.05, 0) is 25.0 Å². The molecule has 0 unspecified atom stereocenters. The van der Waals surface area contributed by atoms with Crippen molar-refractivity contribution in [3.8, 4) is 5.75 Å². The van der Waals surface area contributed by atoms with Crippen LogP contribution in [-0.4, -0.2) is 17.2 Å². The zero-order chi connectivity index (χ0) is 13.8. The molecule has 104 valence electrons. The van der Waals surface area contributed by atoms with Crippen LogP contribution in [0.15, 0.2) is 12.1 Å². The third-order valence-corrected chi connectivity index (χ3v) is 4.05. The van der Waals surface area contributed by atoms with E-state index in [0.29, 0.717) is 0 Å². The number of carbonyl (C=O) groups excluding carboxylic acids is 1. The van der Waals surface area contributed by atoms with E-state index in [9.17, 15) is 9.90 Å². The van der Waals surface area contributed by atoms with Crippen molar-refractivity contribution in [2.75, 3.05) is 5.32 Å². The third kappa shape index (κ3) is 3.67. The first-order valence-corrected chi connectivity index (χ1v) is 7.08. The molecular formula is C13H16Cl2N2O2. The van der Waals surface area contributed by atoms with E-state index in [1.807, 2.05) is 0 Å². The van der Waals surface area contributed by atoms with Crippen molar-refractivity contribution < 1.29 is 9.90 Å². The monoisotopic (exact) mass is 302 g/mol. The molecule has 2 amide bonds. The van der Waals surface area contributed by atoms with Gasteiger partial charge in [-0.15, -0.1) is 0 Å². The number of aromatic hydroxyl groups is 1. The van der Waals surface area contributed by atoms with Gasteiger partial charge in [-0.25, -0.2) is 4.79 Å². The van der Waals surface area contributed by atoms with Crippen LogP contribution < -0.4 is 10.6 Å². The molecule has 0 heterocycles. The Morgan fingerprint density at radius 2 is 1.89 bits per heavy atom. The van der Waals surface area contributed by atoms with E-state index >= 15 is 0 Å². The fourth-order valence-corrected chi connectivity index (χ4v) is 2.55. The van der Waals surface area contributed by atoms with E-state index in [2.05, 4.69) is 10.6 Å². The van der Waals surface area contributed by atoms with E-state index < -0.39 is 0 Å². The summed E-state index contributed by atoms with van der Waals surface area (Å²) in [5, 5.41) is 15.5. The maximum Gasteiger partial charge on any atom is 0.319 e. The third-order valence-electron chi connectivity index (χ3n) is 3.26. The summed E-state index contributed by atoms with van der Waals surface area (Å²) in [5.41, 5.74) is 0.253. The van der Waals surface area contributed by atoms with Crippen LogP contribution >= 0.6 is 23.2 Å². The van der Waals surface area contributed by atoms with Crippen LogP contribution in [0, 0.1) is 0 Å². The van der Waals surface area contributed by atoms with E-state index in [-0.39, 0.29) is 33.6 Å². The summed E-state index contributed by atoms with van der Waals surface area (Å²) in [6.45, 7) is 0. The summed E-state index contributed by atoms with van der Waals surface area (Å²) >= 11 is 11.6. The SMILES string of the molecule is O=C(Nc1ccc(Cl)c(Cl)c1O)NC1CCCCC1. The van der Waals surface area contributed by atoms with Gasteiger partial charge in [0.05, 0.1) is 10.7 Å². The fraction of sp³-hybridized carbons (Fsp3) is 0.462. The first kappa shape index (κ1) is 14.3. The second-order valence-corrected chi connectivity index (χ2v) is 5.48. The lowest BCUT2D eigenvalue weighted by Crippen LogP contribution is -2.39. The summed E-state index contributed by atoms with van der Waals surface area (Å²) in [6, 6.07) is 2.92. The van der Waals surface area contributed by atoms with Crippen LogP contribution in [0.3, 0.4) is 0 Å². The largest absolute Gasteiger partial charge is 0.504 e. The quantitative estimate of drug-likeness (QED) is 0.719. The topological polar surface area (TPSA) is 61.4 Å². The summed E-state index contributed by atoms with van der Waals surface area (Å²) in [7, 11) is 0. The molecule has 1 aliphatic rings. The number of rotatable bonds is 2. The molecule has 0 radical (unpaired) electrons. The van der Waals surface area contributed by atoms with Gasteiger partial charge in [-0.3, -0.25) is 0 Å². The Labute approximate surface area is 122 Å². The predicted molar refractivity (Wildman–Crippen MR) is 77.2 cm³/mol. The van der Waals surface area contributed by atoms with Gasteiger partial charge in [-0.2, -0.15) is 0 Å². The van der Waals surface area contributed by atoms with Gasteiger partial charge in [0.15, 0.2) is 5.75 Å². The second-order valence-electron chi connectivity index (χ2n) is 4.69. The Hall–Kier alpha value is -1.13. The van der Waals surface area contributed by atoms with Crippen LogP contribution in [0.1, 0.15) is 32.1 Å². The van der Waals surface area contributed by atoms with Gasteiger partial charge < -0.3 is 15.7 Å². The summed E-state index contributed by atoms with van der Waals surface area (Å²) < 4.78 is 0. The highest BCUT2D eigenvalue weighted by atomic mass is 35.5. The number of carbonyl (C=O) groups is 1. The normalized spacial score (nSPS) is 16.1. The van der Waals surface area contributed by atoms with Crippen LogP contribution in [-0.2, 0) is 0 Å². The summed E-state index contributed by atoms with van der Waals surface area (Å²) in [5.74, 6) is -0.215. The Morgan fingerprint density at radius 3 is 2.58 bits per heavy atom. The molecule has 2 rings (SSSR count). The van der Waals surface area contributed by atoms with E-state index in [4.69, 9.17) is 23.2 Å². The Bertz CT molecular complexity index is 474. The predicted octanol–water partition coefficient (Wildman–Crippen LogP) is 4.15. The smallest absolute Gasteiger partial charge is 0.319 e. The minimum atomic E-state index is -0.333. The van der Waals surface area contributed by atoms with E-state index in [1.165, 1.54) is 18.6 Å². The highest BCUT2D eigenvalue weighted by Crippen LogP contribution is 2.37. The number of phenols is 1. The molecule has 0 bridgehead atoms. The Balaban J connectivity index is 1.97. The van der Waals surface area contributed by atoms with Crippen molar-refractivity contribution in [1.82, 2.24) is 5.32 Å². The summed E-state index contributed by atoms with van der Waals surface area (Å²) in [4.78, 5) is 11.8. The number of urea groups is 1. The van der Waals surface area contributed by atoms with E-state index in [1.54, 1.807) is 0 Å². The van der Waals surface area contributed by atoms with Gasteiger partial charge in [0, 0.05) is 6.04 Å². The molecule has 1 aromatic carbocycles. The first-order valence-electron chi connectivity index (χ1n) is 6.32. The van der Waals surface area contributed by atoms with Crippen molar-refractivity contribution in [3.05, 3.63) is 22.2 Å². The van der Waals surface area contributed by atoms with Gasteiger partial charge >= 0.3 is 6.03 Å². The number of anilines is 1. The minimum absolute atomic E-state index is 0.0390. The van der Waals surface area contributed by atoms with Crippen molar-refractivity contribution in [3.63, 3.8) is 0 Å². The van der Waals surface area contributed by atoms with Gasteiger partial charge in [0.1, 0.15) is 5.02 Å². The van der Waals surface area contributed by atoms with Crippen molar-refractivity contribution in [2.24, 2.45) is 0 Å². The van der Waals surface area contributed by atoms with Gasteiger partial charge in [0.2, 0.25) is 0 Å². The second kappa shape index (κ2) is 6.35. The molecule has 1 aliphatic carbocycles. The molecule has 0 aliphatic heterocycles. The minimum Gasteiger partial charge on any atom is -0.504 e. The number of phenolic OH excluding ortho intramolecular Hbond substituents is 1. The van der Waals surface area contributed by atoms with Crippen LogP contribution in [0.2, 0.25) is 10.0 Å². The lowest BCUT2D eigenvalue weighted by Gasteiger charge is -2.23. The Morgan fingerprint density at radius 1 is 1.21 bits per heavy atom. The highest BCUT2D eigenvalue weighted by Gasteiger charge is 2.17. The molecule has 0 saturated heterocycles. The van der Waals surface area contributed by atoms with Gasteiger partial charge in [0.25, 0.3) is 0 Å². The van der Waals surface area contributed by atoms with E-state index in [0.717, 1.165) is 25.7 Å². The number of halogens is 2. The average Bonchev–Trinajstić information content (AvgIpc) is 2.41. The maximum absolute atomic E-state index is 11.8. The van der Waals surface area contributed by atoms with Crippen molar-refractivity contribution in [1.29, 1.82) is 0 Å². The zero-order valence-corrected chi connectivity index (χ0v) is 11.9. The van der Waals surface area contributed by atoms with Crippen LogP contribution in [0.25, 0.3) is 0 Å². The fourth-order valence-electron chi connectivity index (χ4n) is 2.23. The number of hydrogen-bond acceptors (Lipinski definition) is 2. The van der Waals surface area contributed by atoms with Crippen LogP contribution in [0.5, 0.6) is 5.75 Å². The number of hydrogen-bond donors (Lipinski definition) is 3. The molecule has 0 spiro atoms. The number of amides is 2. The highest BCUT2D eigenvalue weighted by molar-refractivity contribution is 6.43. The number of benzene rings is 1. The lowest BCUT2D eigenvalue weighted by atomic mass is 9.96. The molecule has 1 fully saturated rings. The molecule has 1 aromatic rings. The first-order chi connectivity index (χ1) is 9.08. The molecular weight excluding hydrogens is 287 g/mol. The average molecular weight is 303 g/mol. The maximum atomic E-state index is 11.8. The molecule has 19 heavy (non-hydrogen) atoms. The Kier molecular flexibility index (Phi) is 4.77. The molecule has 3 N–H and O–H groups in total. The molecule has 0 atom stereocenters. The molecule has 4 nitrogen and oxygen atoms in total. The molecule has 1 saturated carbocycles. The molecule has 6 heteroatoms. The zero-order valence-electron chi connectivity index (χ0n) is 10.4. The lowest BCUT2D eigenvalue weighted by molar-refractivity contribution is 0.244. The van der Waals surface area contributed by atoms with Crippen LogP contribution in [0.4, 0.5) is 10.5 Å². The van der Waals surface area contributed by atoms with Crippen molar-refractivity contribution >= 4 is 34.9 Å². The molecule has 0 aromatic heterocycles. The number of nitrogens with one attached hydrogen (secondary N) is 2. The van der Waals surface area contributed by atoms with Gasteiger partial charge in [-0.1, -0.05) is 42.5 Å².